The molecule has 0 unspecified atom stereocenters. The third kappa shape index (κ3) is 3.95. The molecule has 0 heterocycles. The molecule has 0 saturated carbocycles. The van der Waals surface area contributed by atoms with Gasteiger partial charge in [-0.05, 0) is 54.8 Å². The first-order valence-electron chi connectivity index (χ1n) is 6.57. The number of halogens is 1. The molecule has 21 heavy (non-hydrogen) atoms. The van der Waals surface area contributed by atoms with Gasteiger partial charge in [0.15, 0.2) is 17.5 Å². The van der Waals surface area contributed by atoms with Crippen molar-refractivity contribution in [2.45, 2.75) is 20.4 Å². The van der Waals surface area contributed by atoms with Crippen LogP contribution in [0.4, 0.5) is 10.1 Å². The third-order valence-corrected chi connectivity index (χ3v) is 3.22. The maximum Gasteiger partial charge on any atom is 0.193 e. The molecule has 0 atom stereocenters. The van der Waals surface area contributed by atoms with Gasteiger partial charge >= 0.3 is 0 Å². The number of hydrogen-bond donors (Lipinski definition) is 3. The number of phenols is 1. The molecule has 110 valence electrons. The van der Waals surface area contributed by atoms with Gasteiger partial charge in [0.05, 0.1) is 6.54 Å². The molecule has 0 spiro atoms. The van der Waals surface area contributed by atoms with Gasteiger partial charge in [0.25, 0.3) is 0 Å². The molecule has 2 aromatic carbocycles. The number of nitrogens with one attached hydrogen (secondary N) is 1. The van der Waals surface area contributed by atoms with Crippen LogP contribution >= 0.6 is 0 Å². The highest BCUT2D eigenvalue weighted by molar-refractivity contribution is 5.92. The number of nitrogens with two attached hydrogens (primary N) is 1. The first-order chi connectivity index (χ1) is 9.95. The zero-order valence-electron chi connectivity index (χ0n) is 12.0. The zero-order valence-corrected chi connectivity index (χ0v) is 12.0. The van der Waals surface area contributed by atoms with Crippen LogP contribution in [-0.2, 0) is 6.54 Å². The number of aliphatic imine (C=N–C) groups is 1. The van der Waals surface area contributed by atoms with Gasteiger partial charge in [0.1, 0.15) is 0 Å². The number of nitrogens with zero attached hydrogens (tertiary/aromatic N) is 1. The lowest BCUT2D eigenvalue weighted by atomic mass is 10.1. The highest BCUT2D eigenvalue weighted by Crippen LogP contribution is 2.17. The van der Waals surface area contributed by atoms with E-state index in [1.807, 2.05) is 32.0 Å². The molecule has 0 amide bonds. The van der Waals surface area contributed by atoms with Crippen molar-refractivity contribution < 1.29 is 9.50 Å². The molecule has 0 aliphatic rings. The van der Waals surface area contributed by atoms with E-state index in [0.29, 0.717) is 5.56 Å². The van der Waals surface area contributed by atoms with E-state index in [1.165, 1.54) is 17.7 Å². The minimum atomic E-state index is -0.664. The van der Waals surface area contributed by atoms with E-state index < -0.39 is 5.82 Å². The molecule has 5 heteroatoms. The highest BCUT2D eigenvalue weighted by Gasteiger charge is 2.02. The summed E-state index contributed by atoms with van der Waals surface area (Å²) < 4.78 is 13.2. The largest absolute Gasteiger partial charge is 0.505 e. The Morgan fingerprint density at radius 2 is 1.95 bits per heavy atom. The number of anilines is 1. The molecule has 0 aromatic heterocycles. The standard InChI is InChI=1S/C16H18FN3O/c1-10-3-5-13(7-11(10)2)20-16(18)19-9-12-4-6-15(21)14(17)8-12/h3-8,21H,9H2,1-2H3,(H3,18,19,20). The lowest BCUT2D eigenvalue weighted by Gasteiger charge is -2.08. The summed E-state index contributed by atoms with van der Waals surface area (Å²) in [7, 11) is 0. The van der Waals surface area contributed by atoms with Gasteiger partial charge in [0, 0.05) is 5.69 Å². The molecule has 0 saturated heterocycles. The van der Waals surface area contributed by atoms with Crippen LogP contribution in [0.5, 0.6) is 5.75 Å². The monoisotopic (exact) mass is 287 g/mol. The van der Waals surface area contributed by atoms with Crippen molar-refractivity contribution in [2.75, 3.05) is 5.32 Å². The average Bonchev–Trinajstić information content (AvgIpc) is 2.44. The fourth-order valence-corrected chi connectivity index (χ4v) is 1.83. The Labute approximate surface area is 123 Å². The van der Waals surface area contributed by atoms with Crippen molar-refractivity contribution in [3.8, 4) is 5.75 Å². The normalized spacial score (nSPS) is 11.5. The van der Waals surface area contributed by atoms with E-state index in [1.54, 1.807) is 6.07 Å². The predicted molar refractivity (Wildman–Crippen MR) is 82.9 cm³/mol. The van der Waals surface area contributed by atoms with Gasteiger partial charge in [-0.15, -0.1) is 0 Å². The summed E-state index contributed by atoms with van der Waals surface area (Å²) in [4.78, 5) is 4.15. The minimum Gasteiger partial charge on any atom is -0.505 e. The van der Waals surface area contributed by atoms with Gasteiger partial charge in [-0.25, -0.2) is 9.38 Å². The summed E-state index contributed by atoms with van der Waals surface area (Å²) in [5.74, 6) is -0.779. The Morgan fingerprint density at radius 1 is 1.19 bits per heavy atom. The Hall–Kier alpha value is -2.56. The van der Waals surface area contributed by atoms with Crippen LogP contribution in [0.15, 0.2) is 41.4 Å². The first kappa shape index (κ1) is 14.8. The molecule has 4 N–H and O–H groups in total. The summed E-state index contributed by atoms with van der Waals surface area (Å²) in [5, 5.41) is 12.1. The lowest BCUT2D eigenvalue weighted by Crippen LogP contribution is -2.22. The molecule has 0 radical (unpaired) electrons. The summed E-state index contributed by atoms with van der Waals surface area (Å²) in [6.45, 7) is 4.30. The van der Waals surface area contributed by atoms with Crippen molar-refractivity contribution in [3.63, 3.8) is 0 Å². The molecule has 0 fully saturated rings. The maximum absolute atomic E-state index is 13.2. The van der Waals surface area contributed by atoms with E-state index in [-0.39, 0.29) is 18.3 Å². The second-order valence-corrected chi connectivity index (χ2v) is 4.91. The van der Waals surface area contributed by atoms with E-state index in [4.69, 9.17) is 10.8 Å². The molecule has 0 bridgehead atoms. The van der Waals surface area contributed by atoms with Crippen LogP contribution in [0.1, 0.15) is 16.7 Å². The maximum atomic E-state index is 13.2. The van der Waals surface area contributed by atoms with Gasteiger partial charge in [0.2, 0.25) is 0 Å². The molecule has 0 aliphatic carbocycles. The van der Waals surface area contributed by atoms with Crippen LogP contribution in [0.2, 0.25) is 0 Å². The van der Waals surface area contributed by atoms with Crippen molar-refractivity contribution in [1.82, 2.24) is 0 Å². The fourth-order valence-electron chi connectivity index (χ4n) is 1.83. The summed E-state index contributed by atoms with van der Waals surface area (Å²) >= 11 is 0. The van der Waals surface area contributed by atoms with E-state index >= 15 is 0 Å². The smallest absolute Gasteiger partial charge is 0.193 e. The number of hydrogen-bond acceptors (Lipinski definition) is 2. The number of rotatable bonds is 3. The molecule has 4 nitrogen and oxygen atoms in total. The SMILES string of the molecule is Cc1ccc(NC(N)=NCc2ccc(O)c(F)c2)cc1C. The Bertz CT molecular complexity index is 683. The predicted octanol–water partition coefficient (Wildman–Crippen LogP) is 3.07. The molecule has 2 rings (SSSR count). The molecular weight excluding hydrogens is 269 g/mol. The quantitative estimate of drug-likeness (QED) is 0.600. The number of benzene rings is 2. The van der Waals surface area contributed by atoms with Crippen LogP contribution in [0.25, 0.3) is 0 Å². The number of guanidine groups is 1. The van der Waals surface area contributed by atoms with E-state index in [0.717, 1.165) is 11.3 Å². The average molecular weight is 287 g/mol. The van der Waals surface area contributed by atoms with Crippen LogP contribution in [-0.4, -0.2) is 11.1 Å². The van der Waals surface area contributed by atoms with Crippen LogP contribution in [0.3, 0.4) is 0 Å². The molecular formula is C16H18FN3O. The Kier molecular flexibility index (Phi) is 4.42. The van der Waals surface area contributed by atoms with Crippen LogP contribution in [0, 0.1) is 19.7 Å². The fraction of sp³-hybridized carbons (Fsp3) is 0.188. The number of aromatic hydroxyl groups is 1. The van der Waals surface area contributed by atoms with Gasteiger partial charge in [-0.3, -0.25) is 0 Å². The number of phenolic OH excluding ortho intramolecular Hbond substituents is 1. The van der Waals surface area contributed by atoms with Gasteiger partial charge in [-0.2, -0.15) is 0 Å². The van der Waals surface area contributed by atoms with Crippen molar-refractivity contribution in [3.05, 3.63) is 58.9 Å². The summed E-state index contributed by atoms with van der Waals surface area (Å²) in [6, 6.07) is 10.0. The van der Waals surface area contributed by atoms with E-state index in [2.05, 4.69) is 10.3 Å². The summed E-state index contributed by atoms with van der Waals surface area (Å²) in [5.41, 5.74) is 9.66. The second kappa shape index (κ2) is 6.26. The minimum absolute atomic E-state index is 0.237. The Balaban J connectivity index is 2.03. The Morgan fingerprint density at radius 3 is 2.62 bits per heavy atom. The lowest BCUT2D eigenvalue weighted by molar-refractivity contribution is 0.432. The number of aryl methyl sites for hydroxylation is 2. The zero-order chi connectivity index (χ0) is 15.4. The molecule has 2 aromatic rings. The van der Waals surface area contributed by atoms with Gasteiger partial charge in [-0.1, -0.05) is 12.1 Å². The summed E-state index contributed by atoms with van der Waals surface area (Å²) in [6.07, 6.45) is 0. The highest BCUT2D eigenvalue weighted by atomic mass is 19.1. The topological polar surface area (TPSA) is 70.6 Å². The van der Waals surface area contributed by atoms with Crippen molar-refractivity contribution in [2.24, 2.45) is 10.7 Å². The second-order valence-electron chi connectivity index (χ2n) is 4.91. The van der Waals surface area contributed by atoms with Crippen LogP contribution < -0.4 is 11.1 Å². The third-order valence-electron chi connectivity index (χ3n) is 3.22. The van der Waals surface area contributed by atoms with Crippen molar-refractivity contribution >= 4 is 11.6 Å². The van der Waals surface area contributed by atoms with Crippen molar-refractivity contribution in [1.29, 1.82) is 0 Å². The van der Waals surface area contributed by atoms with Gasteiger partial charge < -0.3 is 16.2 Å². The van der Waals surface area contributed by atoms with E-state index in [9.17, 15) is 4.39 Å². The molecule has 0 aliphatic heterocycles. The first-order valence-corrected chi connectivity index (χ1v) is 6.57.